The monoisotopic (exact) mass is 240 g/mol. The number of nitrogens with one attached hydrogen (secondary N) is 1. The first-order valence-electron chi connectivity index (χ1n) is 6.35. The number of H-pyrrole nitrogens is 1. The lowest BCUT2D eigenvalue weighted by Gasteiger charge is -2.08. The van der Waals surface area contributed by atoms with Crippen molar-refractivity contribution in [3.63, 3.8) is 0 Å². The fourth-order valence-corrected chi connectivity index (χ4v) is 2.62. The Morgan fingerprint density at radius 3 is 2.72 bits per heavy atom. The Labute approximate surface area is 106 Å². The topological polar surface area (TPSA) is 45.8 Å². The molecule has 0 saturated heterocycles. The smallest absolute Gasteiger partial charge is 0.267 e. The summed E-state index contributed by atoms with van der Waals surface area (Å²) in [5, 5.41) is 6.77. The minimum Gasteiger partial charge on any atom is -0.268 e. The van der Waals surface area contributed by atoms with E-state index >= 15 is 0 Å². The van der Waals surface area contributed by atoms with Crippen molar-refractivity contribution in [3.05, 3.63) is 50.8 Å². The average Bonchev–Trinajstić information content (AvgIpc) is 2.83. The zero-order valence-corrected chi connectivity index (χ0v) is 10.7. The van der Waals surface area contributed by atoms with Crippen molar-refractivity contribution in [3.8, 4) is 11.3 Å². The fourth-order valence-electron chi connectivity index (χ4n) is 2.62. The normalized spacial score (nSPS) is 13.7. The van der Waals surface area contributed by atoms with E-state index in [-0.39, 0.29) is 5.56 Å². The fraction of sp³-hybridized carbons (Fsp3) is 0.333. The summed E-state index contributed by atoms with van der Waals surface area (Å²) in [5.74, 6) is 0. The summed E-state index contributed by atoms with van der Waals surface area (Å²) in [4.78, 5) is 11.5. The van der Waals surface area contributed by atoms with Gasteiger partial charge in [-0.15, -0.1) is 0 Å². The molecule has 0 aliphatic heterocycles. The van der Waals surface area contributed by atoms with Crippen molar-refractivity contribution in [2.45, 2.75) is 33.1 Å². The van der Waals surface area contributed by atoms with Crippen LogP contribution in [0.5, 0.6) is 0 Å². The van der Waals surface area contributed by atoms with Crippen LogP contribution in [0.4, 0.5) is 0 Å². The number of nitrogens with zero attached hydrogens (tertiary/aromatic N) is 1. The maximum absolute atomic E-state index is 11.5. The lowest BCUT2D eigenvalue weighted by atomic mass is 10.0. The van der Waals surface area contributed by atoms with Gasteiger partial charge in [-0.3, -0.25) is 4.79 Å². The number of aryl methyl sites for hydroxylation is 2. The largest absolute Gasteiger partial charge is 0.268 e. The third-order valence-electron chi connectivity index (χ3n) is 3.90. The van der Waals surface area contributed by atoms with Crippen molar-refractivity contribution in [1.29, 1.82) is 0 Å². The third-order valence-corrected chi connectivity index (χ3v) is 3.90. The van der Waals surface area contributed by atoms with E-state index in [1.54, 1.807) is 0 Å². The van der Waals surface area contributed by atoms with Gasteiger partial charge in [0.05, 0.1) is 5.69 Å². The summed E-state index contributed by atoms with van der Waals surface area (Å²) >= 11 is 0. The van der Waals surface area contributed by atoms with Crippen molar-refractivity contribution in [1.82, 2.24) is 10.2 Å². The van der Waals surface area contributed by atoms with Gasteiger partial charge in [0.1, 0.15) is 0 Å². The molecule has 1 aromatic heterocycles. The van der Waals surface area contributed by atoms with Crippen LogP contribution < -0.4 is 5.56 Å². The molecule has 18 heavy (non-hydrogen) atoms. The molecule has 0 amide bonds. The van der Waals surface area contributed by atoms with Crippen LogP contribution in [0.15, 0.2) is 23.0 Å². The van der Waals surface area contributed by atoms with Gasteiger partial charge in [0.2, 0.25) is 0 Å². The summed E-state index contributed by atoms with van der Waals surface area (Å²) in [5.41, 5.74) is 6.50. The summed E-state index contributed by atoms with van der Waals surface area (Å²) in [6.07, 6.45) is 3.59. The Morgan fingerprint density at radius 1 is 1.11 bits per heavy atom. The molecular weight excluding hydrogens is 224 g/mol. The molecule has 1 N–H and O–H groups in total. The van der Waals surface area contributed by atoms with Gasteiger partial charge in [0, 0.05) is 11.1 Å². The number of benzene rings is 1. The highest BCUT2D eigenvalue weighted by atomic mass is 16.1. The Balaban J connectivity index is 2.16. The predicted molar refractivity (Wildman–Crippen MR) is 71.8 cm³/mol. The zero-order chi connectivity index (χ0) is 12.7. The number of hydrogen-bond donors (Lipinski definition) is 1. The molecule has 1 aliphatic rings. The molecule has 1 heterocycles. The van der Waals surface area contributed by atoms with E-state index in [1.165, 1.54) is 24.0 Å². The van der Waals surface area contributed by atoms with E-state index in [1.807, 2.05) is 13.8 Å². The highest BCUT2D eigenvalue weighted by Crippen LogP contribution is 2.28. The van der Waals surface area contributed by atoms with Crippen molar-refractivity contribution < 1.29 is 0 Å². The van der Waals surface area contributed by atoms with Gasteiger partial charge in [0.15, 0.2) is 0 Å². The second-order valence-electron chi connectivity index (χ2n) is 4.99. The summed E-state index contributed by atoms with van der Waals surface area (Å²) < 4.78 is 0. The standard InChI is InChI=1S/C15H16N2O/c1-9-10(2)15(18)17-16-14(9)13-7-6-11-4-3-5-12(11)8-13/h6-8H,3-5H2,1-2H3,(H,17,18). The molecule has 0 saturated carbocycles. The molecule has 0 unspecified atom stereocenters. The van der Waals surface area contributed by atoms with Crippen molar-refractivity contribution in [2.24, 2.45) is 0 Å². The van der Waals surface area contributed by atoms with Crippen LogP contribution >= 0.6 is 0 Å². The first kappa shape index (κ1) is 11.2. The molecule has 3 nitrogen and oxygen atoms in total. The summed E-state index contributed by atoms with van der Waals surface area (Å²) in [7, 11) is 0. The average molecular weight is 240 g/mol. The number of fused-ring (bicyclic) bond motifs is 1. The Kier molecular flexibility index (Phi) is 2.54. The van der Waals surface area contributed by atoms with Gasteiger partial charge < -0.3 is 0 Å². The lowest BCUT2D eigenvalue weighted by Crippen LogP contribution is -2.14. The first-order chi connectivity index (χ1) is 8.66. The molecule has 3 rings (SSSR count). The maximum atomic E-state index is 11.5. The highest BCUT2D eigenvalue weighted by Gasteiger charge is 2.14. The molecule has 1 aromatic carbocycles. The second kappa shape index (κ2) is 4.09. The Morgan fingerprint density at radius 2 is 1.89 bits per heavy atom. The zero-order valence-electron chi connectivity index (χ0n) is 10.7. The van der Waals surface area contributed by atoms with Crippen LogP contribution in [0.1, 0.15) is 28.7 Å². The summed E-state index contributed by atoms with van der Waals surface area (Å²) in [6.45, 7) is 3.80. The Hall–Kier alpha value is -1.90. The van der Waals surface area contributed by atoms with Crippen LogP contribution in [-0.4, -0.2) is 10.2 Å². The number of rotatable bonds is 1. The SMILES string of the molecule is Cc1c(-c2ccc3c(c2)CCC3)n[nH]c(=O)c1C. The minimum absolute atomic E-state index is 0.0996. The molecule has 0 radical (unpaired) electrons. The van der Waals surface area contributed by atoms with Gasteiger partial charge in [-0.25, -0.2) is 5.10 Å². The molecule has 2 aromatic rings. The third kappa shape index (κ3) is 1.67. The van der Waals surface area contributed by atoms with Gasteiger partial charge in [-0.1, -0.05) is 12.1 Å². The molecule has 1 aliphatic carbocycles. The van der Waals surface area contributed by atoms with Crippen LogP contribution in [0, 0.1) is 13.8 Å². The molecule has 0 atom stereocenters. The van der Waals surface area contributed by atoms with E-state index in [0.717, 1.165) is 28.8 Å². The molecular formula is C15H16N2O. The van der Waals surface area contributed by atoms with Gasteiger partial charge in [-0.2, -0.15) is 5.10 Å². The summed E-state index contributed by atoms with van der Waals surface area (Å²) in [6, 6.07) is 6.52. The molecule has 92 valence electrons. The number of aromatic amines is 1. The van der Waals surface area contributed by atoms with E-state index in [9.17, 15) is 4.79 Å². The Bertz CT molecular complexity index is 671. The van der Waals surface area contributed by atoms with Gasteiger partial charge in [0.25, 0.3) is 5.56 Å². The van der Waals surface area contributed by atoms with E-state index < -0.39 is 0 Å². The molecule has 0 fully saturated rings. The predicted octanol–water partition coefficient (Wildman–Crippen LogP) is 2.54. The molecule has 3 heteroatoms. The number of hydrogen-bond acceptors (Lipinski definition) is 2. The van der Waals surface area contributed by atoms with Gasteiger partial charge in [-0.05, 0) is 55.9 Å². The van der Waals surface area contributed by atoms with E-state index in [2.05, 4.69) is 28.4 Å². The quantitative estimate of drug-likeness (QED) is 0.832. The van der Waals surface area contributed by atoms with Crippen molar-refractivity contribution in [2.75, 3.05) is 0 Å². The maximum Gasteiger partial charge on any atom is 0.267 e. The van der Waals surface area contributed by atoms with Crippen LogP contribution in [0.3, 0.4) is 0 Å². The number of aromatic nitrogens is 2. The highest BCUT2D eigenvalue weighted by molar-refractivity contribution is 5.65. The van der Waals surface area contributed by atoms with E-state index in [0.29, 0.717) is 0 Å². The van der Waals surface area contributed by atoms with Crippen LogP contribution in [0.25, 0.3) is 11.3 Å². The lowest BCUT2D eigenvalue weighted by molar-refractivity contribution is 0.911. The molecule has 0 spiro atoms. The second-order valence-corrected chi connectivity index (χ2v) is 4.99. The molecule has 0 bridgehead atoms. The van der Waals surface area contributed by atoms with Crippen molar-refractivity contribution >= 4 is 0 Å². The van der Waals surface area contributed by atoms with Crippen LogP contribution in [0.2, 0.25) is 0 Å². The van der Waals surface area contributed by atoms with Gasteiger partial charge >= 0.3 is 0 Å². The van der Waals surface area contributed by atoms with Crippen LogP contribution in [-0.2, 0) is 12.8 Å². The van der Waals surface area contributed by atoms with E-state index in [4.69, 9.17) is 0 Å². The first-order valence-corrected chi connectivity index (χ1v) is 6.35. The minimum atomic E-state index is -0.0996.